The van der Waals surface area contributed by atoms with Crippen LogP contribution >= 0.6 is 11.6 Å². The summed E-state index contributed by atoms with van der Waals surface area (Å²) in [6.45, 7) is 1.51. The van der Waals surface area contributed by atoms with E-state index in [1.807, 2.05) is 18.3 Å². The largest absolute Gasteiger partial charge is 0.361 e. The van der Waals surface area contributed by atoms with Crippen LogP contribution in [0, 0.1) is 0 Å². The lowest BCUT2D eigenvalue weighted by molar-refractivity contribution is -0.115. The van der Waals surface area contributed by atoms with E-state index < -0.39 is 0 Å². The molecule has 1 heterocycles. The van der Waals surface area contributed by atoms with Gasteiger partial charge in [-0.25, -0.2) is 0 Å². The van der Waals surface area contributed by atoms with Gasteiger partial charge in [0.1, 0.15) is 0 Å². The number of fused-ring (bicyclic) bond motifs is 1. The normalized spacial score (nSPS) is 10.7. The number of hydrogen-bond acceptors (Lipinski definition) is 2. The smallest absolute Gasteiger partial charge is 0.228 e. The summed E-state index contributed by atoms with van der Waals surface area (Å²) in [7, 11) is 0. The molecule has 1 amide bonds. The van der Waals surface area contributed by atoms with Gasteiger partial charge in [-0.05, 0) is 55.0 Å². The van der Waals surface area contributed by atoms with Crippen molar-refractivity contribution < 1.29 is 9.59 Å². The molecule has 0 bridgehead atoms. The quantitative estimate of drug-likeness (QED) is 0.706. The summed E-state index contributed by atoms with van der Waals surface area (Å²) in [6, 6.07) is 12.4. The first kappa shape index (κ1) is 15.3. The fourth-order valence-electron chi connectivity index (χ4n) is 2.46. The molecule has 0 fully saturated rings. The number of rotatable bonds is 4. The minimum absolute atomic E-state index is 0.00134. The maximum Gasteiger partial charge on any atom is 0.228 e. The zero-order valence-corrected chi connectivity index (χ0v) is 13.3. The Morgan fingerprint density at radius 3 is 2.57 bits per heavy atom. The van der Waals surface area contributed by atoms with Crippen molar-refractivity contribution in [2.24, 2.45) is 0 Å². The second-order valence-corrected chi connectivity index (χ2v) is 5.80. The highest BCUT2D eigenvalue weighted by Crippen LogP contribution is 2.23. The molecule has 23 heavy (non-hydrogen) atoms. The standard InChI is InChI=1S/C18H15ClN2O2/c1-11(22)12-2-5-15(6-3-12)21-18(23)8-13-10-20-17-7-4-14(19)9-16(13)17/h2-7,9-10,20H,8H2,1H3,(H,21,23). The number of aromatic nitrogens is 1. The monoisotopic (exact) mass is 326 g/mol. The van der Waals surface area contributed by atoms with Crippen LogP contribution in [0.25, 0.3) is 10.9 Å². The van der Waals surface area contributed by atoms with Crippen molar-refractivity contribution in [1.82, 2.24) is 4.98 Å². The molecule has 4 nitrogen and oxygen atoms in total. The molecule has 3 rings (SSSR count). The maximum absolute atomic E-state index is 12.2. The first-order valence-corrected chi connectivity index (χ1v) is 7.57. The Morgan fingerprint density at radius 2 is 1.87 bits per heavy atom. The Kier molecular flexibility index (Phi) is 4.17. The molecule has 0 saturated heterocycles. The Balaban J connectivity index is 1.73. The van der Waals surface area contributed by atoms with Crippen molar-refractivity contribution in [3.63, 3.8) is 0 Å². The number of amides is 1. The number of H-pyrrole nitrogens is 1. The number of ketones is 1. The van der Waals surface area contributed by atoms with E-state index in [-0.39, 0.29) is 18.1 Å². The van der Waals surface area contributed by atoms with E-state index in [0.717, 1.165) is 16.5 Å². The predicted octanol–water partition coefficient (Wildman–Crippen LogP) is 4.21. The van der Waals surface area contributed by atoms with Gasteiger partial charge < -0.3 is 10.3 Å². The number of carbonyl (C=O) groups excluding carboxylic acids is 2. The number of halogens is 1. The second kappa shape index (κ2) is 6.26. The van der Waals surface area contributed by atoms with E-state index in [0.29, 0.717) is 16.3 Å². The van der Waals surface area contributed by atoms with Crippen molar-refractivity contribution in [3.05, 3.63) is 64.8 Å². The fraction of sp³-hybridized carbons (Fsp3) is 0.111. The Morgan fingerprint density at radius 1 is 1.13 bits per heavy atom. The lowest BCUT2D eigenvalue weighted by Gasteiger charge is -2.05. The molecule has 0 aliphatic rings. The average molecular weight is 327 g/mol. The molecule has 2 aromatic carbocycles. The summed E-state index contributed by atoms with van der Waals surface area (Å²) < 4.78 is 0. The van der Waals surface area contributed by atoms with Gasteiger partial charge in [-0.2, -0.15) is 0 Å². The fourth-order valence-corrected chi connectivity index (χ4v) is 2.64. The number of hydrogen-bond donors (Lipinski definition) is 2. The van der Waals surface area contributed by atoms with Crippen LogP contribution in [0.3, 0.4) is 0 Å². The summed E-state index contributed by atoms with van der Waals surface area (Å²) in [5.74, 6) is -0.125. The number of benzene rings is 2. The summed E-state index contributed by atoms with van der Waals surface area (Å²) in [4.78, 5) is 26.6. The summed E-state index contributed by atoms with van der Waals surface area (Å²) in [5, 5.41) is 4.41. The molecular weight excluding hydrogens is 312 g/mol. The van der Waals surface area contributed by atoms with Gasteiger partial charge in [0.15, 0.2) is 5.78 Å². The van der Waals surface area contributed by atoms with Gasteiger partial charge in [-0.15, -0.1) is 0 Å². The van der Waals surface area contributed by atoms with E-state index in [1.165, 1.54) is 6.92 Å². The van der Waals surface area contributed by atoms with Crippen LogP contribution in [0.4, 0.5) is 5.69 Å². The number of carbonyl (C=O) groups is 2. The number of Topliss-reactive ketones (excluding diaryl/α,β-unsaturated/α-hetero) is 1. The van der Waals surface area contributed by atoms with Crippen LogP contribution in [0.5, 0.6) is 0 Å². The zero-order valence-electron chi connectivity index (χ0n) is 12.5. The van der Waals surface area contributed by atoms with Crippen molar-refractivity contribution in [1.29, 1.82) is 0 Å². The molecule has 5 heteroatoms. The van der Waals surface area contributed by atoms with Crippen LogP contribution in [-0.4, -0.2) is 16.7 Å². The van der Waals surface area contributed by atoms with Crippen molar-refractivity contribution >= 4 is 39.9 Å². The zero-order chi connectivity index (χ0) is 16.4. The summed E-state index contributed by atoms with van der Waals surface area (Å²) in [5.41, 5.74) is 3.12. The lowest BCUT2D eigenvalue weighted by atomic mass is 10.1. The lowest BCUT2D eigenvalue weighted by Crippen LogP contribution is -2.14. The van der Waals surface area contributed by atoms with Gasteiger partial charge in [-0.3, -0.25) is 9.59 Å². The first-order chi connectivity index (χ1) is 11.0. The van der Waals surface area contributed by atoms with Crippen LogP contribution in [0.15, 0.2) is 48.7 Å². The second-order valence-electron chi connectivity index (χ2n) is 5.36. The third-order valence-electron chi connectivity index (χ3n) is 3.66. The van der Waals surface area contributed by atoms with Gasteiger partial charge in [0.2, 0.25) is 5.91 Å². The molecule has 0 atom stereocenters. The van der Waals surface area contributed by atoms with E-state index in [9.17, 15) is 9.59 Å². The van der Waals surface area contributed by atoms with E-state index in [2.05, 4.69) is 10.3 Å². The minimum atomic E-state index is -0.124. The highest BCUT2D eigenvalue weighted by Gasteiger charge is 2.10. The van der Waals surface area contributed by atoms with Crippen molar-refractivity contribution in [2.75, 3.05) is 5.32 Å². The molecule has 1 aromatic heterocycles. The van der Waals surface area contributed by atoms with Crippen LogP contribution < -0.4 is 5.32 Å². The van der Waals surface area contributed by atoms with E-state index in [1.54, 1.807) is 30.3 Å². The van der Waals surface area contributed by atoms with E-state index in [4.69, 9.17) is 11.6 Å². The molecular formula is C18H15ClN2O2. The molecule has 0 saturated carbocycles. The SMILES string of the molecule is CC(=O)c1ccc(NC(=O)Cc2c[nH]c3ccc(Cl)cc23)cc1. The average Bonchev–Trinajstić information content (AvgIpc) is 2.90. The van der Waals surface area contributed by atoms with Gasteiger partial charge in [0, 0.05) is 33.4 Å². The molecule has 0 spiro atoms. The molecule has 0 aliphatic carbocycles. The predicted molar refractivity (Wildman–Crippen MR) is 92.1 cm³/mol. The third kappa shape index (κ3) is 3.43. The van der Waals surface area contributed by atoms with Crippen molar-refractivity contribution in [3.8, 4) is 0 Å². The molecule has 3 aromatic rings. The maximum atomic E-state index is 12.2. The highest BCUT2D eigenvalue weighted by molar-refractivity contribution is 6.31. The van der Waals surface area contributed by atoms with Gasteiger partial charge in [-0.1, -0.05) is 11.6 Å². The third-order valence-corrected chi connectivity index (χ3v) is 3.89. The summed E-state index contributed by atoms with van der Waals surface area (Å²) >= 11 is 6.01. The molecule has 0 radical (unpaired) electrons. The Hall–Kier alpha value is -2.59. The van der Waals surface area contributed by atoms with Crippen LogP contribution in [-0.2, 0) is 11.2 Å². The molecule has 116 valence electrons. The van der Waals surface area contributed by atoms with Crippen LogP contribution in [0.2, 0.25) is 5.02 Å². The number of anilines is 1. The molecule has 0 unspecified atom stereocenters. The molecule has 0 aliphatic heterocycles. The van der Waals surface area contributed by atoms with E-state index >= 15 is 0 Å². The highest BCUT2D eigenvalue weighted by atomic mass is 35.5. The Labute approximate surface area is 138 Å². The summed E-state index contributed by atoms with van der Waals surface area (Å²) in [6.07, 6.45) is 2.06. The number of aromatic amines is 1. The minimum Gasteiger partial charge on any atom is -0.361 e. The van der Waals surface area contributed by atoms with Gasteiger partial charge >= 0.3 is 0 Å². The molecule has 2 N–H and O–H groups in total. The topological polar surface area (TPSA) is 62.0 Å². The van der Waals surface area contributed by atoms with Crippen LogP contribution in [0.1, 0.15) is 22.8 Å². The van der Waals surface area contributed by atoms with Gasteiger partial charge in [0.05, 0.1) is 6.42 Å². The number of nitrogens with one attached hydrogen (secondary N) is 2. The van der Waals surface area contributed by atoms with Crippen molar-refractivity contribution in [2.45, 2.75) is 13.3 Å². The first-order valence-electron chi connectivity index (χ1n) is 7.19. The van der Waals surface area contributed by atoms with Gasteiger partial charge in [0.25, 0.3) is 0 Å². The Bertz CT molecular complexity index is 882.